The van der Waals surface area contributed by atoms with Crippen LogP contribution in [0, 0.1) is 0 Å². The summed E-state index contributed by atoms with van der Waals surface area (Å²) in [5.41, 5.74) is 0.121. The Kier molecular flexibility index (Phi) is 8.79. The van der Waals surface area contributed by atoms with E-state index < -0.39 is 11.7 Å². The lowest BCUT2D eigenvalue weighted by atomic mass is 10.1. The van der Waals surface area contributed by atoms with Gasteiger partial charge in [0.25, 0.3) is 0 Å². The molecule has 1 aromatic heterocycles. The van der Waals surface area contributed by atoms with Gasteiger partial charge in [-0.2, -0.15) is 13.2 Å². The van der Waals surface area contributed by atoms with Gasteiger partial charge < -0.3 is 30.3 Å². The monoisotopic (exact) mass is 504 g/mol. The van der Waals surface area contributed by atoms with Crippen molar-refractivity contribution in [2.24, 2.45) is 0 Å². The van der Waals surface area contributed by atoms with Crippen LogP contribution in [-0.2, 0) is 6.18 Å². The van der Waals surface area contributed by atoms with Gasteiger partial charge in [-0.25, -0.2) is 9.97 Å². The number of hydrogen-bond donors (Lipinski definition) is 3. The third-order valence-corrected chi connectivity index (χ3v) is 5.94. The van der Waals surface area contributed by atoms with Gasteiger partial charge >= 0.3 is 6.18 Å². The van der Waals surface area contributed by atoms with Gasteiger partial charge in [0, 0.05) is 63.0 Å². The fraction of sp³-hybridized carbons (Fsp3) is 0.440. The summed E-state index contributed by atoms with van der Waals surface area (Å²) >= 11 is 0. The summed E-state index contributed by atoms with van der Waals surface area (Å²) in [6.45, 7) is 7.26. The summed E-state index contributed by atoms with van der Waals surface area (Å²) in [6, 6.07) is 8.49. The van der Waals surface area contributed by atoms with Gasteiger partial charge in [-0.05, 0) is 30.7 Å². The molecule has 0 spiro atoms. The molecule has 0 radical (unpaired) electrons. The Balaban J connectivity index is 1.46. The van der Waals surface area contributed by atoms with Crippen LogP contribution in [0.25, 0.3) is 10.9 Å². The average Bonchev–Trinajstić information content (AvgIpc) is 3.00. The zero-order valence-corrected chi connectivity index (χ0v) is 20.2. The standard InChI is InChI=1S/C25H31F3N6O2/c1-35-22-16-21-20(15-23(22)36-13-3-10-34-11-8-29-6-7-30-9-12-34)24(32-17-31-21)33-19-5-2-4-18(14-19)25(26,27)28/h2,4-5,14-17,29-30H,3,6-13H2,1H3,(H,31,32,33). The van der Waals surface area contributed by atoms with Gasteiger partial charge in [0.2, 0.25) is 0 Å². The Bertz CT molecular complexity index is 1130. The highest BCUT2D eigenvalue weighted by Gasteiger charge is 2.30. The molecule has 0 atom stereocenters. The van der Waals surface area contributed by atoms with Crippen LogP contribution < -0.4 is 25.4 Å². The van der Waals surface area contributed by atoms with E-state index in [1.807, 2.05) is 0 Å². The zero-order chi connectivity index (χ0) is 25.4. The quantitative estimate of drug-likeness (QED) is 0.401. The number of ether oxygens (including phenoxy) is 2. The number of nitrogens with zero attached hydrogens (tertiary/aromatic N) is 3. The smallest absolute Gasteiger partial charge is 0.416 e. The second-order valence-corrected chi connectivity index (χ2v) is 8.49. The van der Waals surface area contributed by atoms with Gasteiger partial charge in [0.1, 0.15) is 12.1 Å². The number of aromatic nitrogens is 2. The molecule has 1 aliphatic heterocycles. The minimum absolute atomic E-state index is 0.274. The summed E-state index contributed by atoms with van der Waals surface area (Å²) in [6.07, 6.45) is -2.24. The van der Waals surface area contributed by atoms with Crippen molar-refractivity contribution in [3.63, 3.8) is 0 Å². The second-order valence-electron chi connectivity index (χ2n) is 8.49. The normalized spacial score (nSPS) is 15.7. The number of benzene rings is 2. The zero-order valence-electron chi connectivity index (χ0n) is 20.2. The van der Waals surface area contributed by atoms with Crippen molar-refractivity contribution in [1.82, 2.24) is 25.5 Å². The van der Waals surface area contributed by atoms with E-state index in [1.165, 1.54) is 12.4 Å². The highest BCUT2D eigenvalue weighted by Crippen LogP contribution is 2.36. The highest BCUT2D eigenvalue weighted by molar-refractivity contribution is 5.93. The van der Waals surface area contributed by atoms with E-state index in [2.05, 4.69) is 30.8 Å². The predicted molar refractivity (Wildman–Crippen MR) is 133 cm³/mol. The van der Waals surface area contributed by atoms with E-state index in [-0.39, 0.29) is 5.69 Å². The molecule has 4 rings (SSSR count). The largest absolute Gasteiger partial charge is 0.493 e. The lowest BCUT2D eigenvalue weighted by molar-refractivity contribution is -0.137. The molecular weight excluding hydrogens is 473 g/mol. The molecule has 8 nitrogen and oxygen atoms in total. The Labute approximate surface area is 208 Å². The molecule has 2 aromatic carbocycles. The van der Waals surface area contributed by atoms with Gasteiger partial charge in [-0.1, -0.05) is 6.07 Å². The fourth-order valence-electron chi connectivity index (χ4n) is 4.05. The Morgan fingerprint density at radius 2 is 1.78 bits per heavy atom. The van der Waals surface area contributed by atoms with E-state index in [9.17, 15) is 13.2 Å². The molecule has 2 heterocycles. The van der Waals surface area contributed by atoms with Crippen LogP contribution in [0.1, 0.15) is 12.0 Å². The molecule has 0 aliphatic carbocycles. The van der Waals surface area contributed by atoms with Crippen molar-refractivity contribution in [2.75, 3.05) is 64.8 Å². The summed E-state index contributed by atoms with van der Waals surface area (Å²) in [4.78, 5) is 10.9. The molecule has 1 saturated heterocycles. The van der Waals surface area contributed by atoms with Gasteiger partial charge in [0.15, 0.2) is 11.5 Å². The Morgan fingerprint density at radius 3 is 2.50 bits per heavy atom. The van der Waals surface area contributed by atoms with E-state index in [0.29, 0.717) is 34.8 Å². The molecule has 11 heteroatoms. The van der Waals surface area contributed by atoms with Crippen molar-refractivity contribution in [3.05, 3.63) is 48.3 Å². The number of methoxy groups -OCH3 is 1. The SMILES string of the molecule is COc1cc2ncnc(Nc3cccc(C(F)(F)F)c3)c2cc1OCCCN1CCNCCNCC1. The third-order valence-electron chi connectivity index (χ3n) is 5.94. The number of halogens is 3. The van der Waals surface area contributed by atoms with E-state index in [0.717, 1.165) is 64.4 Å². The summed E-state index contributed by atoms with van der Waals surface area (Å²) in [5, 5.41) is 10.4. The number of hydrogen-bond acceptors (Lipinski definition) is 8. The molecule has 1 fully saturated rings. The third kappa shape index (κ3) is 6.96. The van der Waals surface area contributed by atoms with Crippen LogP contribution in [0.3, 0.4) is 0 Å². The van der Waals surface area contributed by atoms with Crippen molar-refractivity contribution in [1.29, 1.82) is 0 Å². The van der Waals surface area contributed by atoms with Crippen molar-refractivity contribution in [3.8, 4) is 11.5 Å². The maximum Gasteiger partial charge on any atom is 0.416 e. The molecule has 0 unspecified atom stereocenters. The molecule has 36 heavy (non-hydrogen) atoms. The minimum Gasteiger partial charge on any atom is -0.493 e. The summed E-state index contributed by atoms with van der Waals surface area (Å²) in [7, 11) is 1.56. The first-order valence-corrected chi connectivity index (χ1v) is 12.0. The first kappa shape index (κ1) is 25.9. The lowest BCUT2D eigenvalue weighted by Crippen LogP contribution is -2.35. The second kappa shape index (κ2) is 12.2. The molecule has 0 amide bonds. The van der Waals surface area contributed by atoms with Crippen molar-refractivity contribution < 1.29 is 22.6 Å². The molecule has 0 bridgehead atoms. The number of alkyl halides is 3. The van der Waals surface area contributed by atoms with Gasteiger partial charge in [-0.3, -0.25) is 0 Å². The number of rotatable bonds is 8. The minimum atomic E-state index is -4.43. The molecule has 194 valence electrons. The lowest BCUT2D eigenvalue weighted by Gasteiger charge is -2.21. The number of anilines is 2. The van der Waals surface area contributed by atoms with E-state index >= 15 is 0 Å². The fourth-order valence-corrected chi connectivity index (χ4v) is 4.05. The van der Waals surface area contributed by atoms with Crippen LogP contribution in [0.4, 0.5) is 24.7 Å². The Morgan fingerprint density at radius 1 is 1.00 bits per heavy atom. The van der Waals surface area contributed by atoms with E-state index in [1.54, 1.807) is 25.3 Å². The topological polar surface area (TPSA) is 83.6 Å². The Hall–Kier alpha value is -3.15. The van der Waals surface area contributed by atoms with Crippen molar-refractivity contribution >= 4 is 22.4 Å². The molecule has 1 aliphatic rings. The average molecular weight is 505 g/mol. The molecule has 3 aromatic rings. The van der Waals surface area contributed by atoms with Crippen LogP contribution in [0.5, 0.6) is 11.5 Å². The number of fused-ring (bicyclic) bond motifs is 1. The van der Waals surface area contributed by atoms with Crippen LogP contribution in [0.15, 0.2) is 42.7 Å². The maximum atomic E-state index is 13.1. The van der Waals surface area contributed by atoms with Crippen LogP contribution in [0.2, 0.25) is 0 Å². The maximum absolute atomic E-state index is 13.1. The van der Waals surface area contributed by atoms with Crippen LogP contribution >= 0.6 is 0 Å². The summed E-state index contributed by atoms with van der Waals surface area (Å²) in [5.74, 6) is 1.44. The first-order valence-electron chi connectivity index (χ1n) is 12.0. The van der Waals surface area contributed by atoms with Gasteiger partial charge in [-0.15, -0.1) is 0 Å². The molecule has 3 N–H and O–H groups in total. The van der Waals surface area contributed by atoms with Crippen molar-refractivity contribution in [2.45, 2.75) is 12.6 Å². The van der Waals surface area contributed by atoms with Gasteiger partial charge in [0.05, 0.1) is 24.8 Å². The van der Waals surface area contributed by atoms with E-state index in [4.69, 9.17) is 9.47 Å². The highest BCUT2D eigenvalue weighted by atomic mass is 19.4. The van der Waals surface area contributed by atoms with Crippen LogP contribution in [-0.4, -0.2) is 74.4 Å². The first-order chi connectivity index (χ1) is 17.4. The molecular formula is C25H31F3N6O2. The summed E-state index contributed by atoms with van der Waals surface area (Å²) < 4.78 is 50.9. The molecule has 0 saturated carbocycles. The number of nitrogens with one attached hydrogen (secondary N) is 3. The predicted octanol–water partition coefficient (Wildman–Crippen LogP) is 3.66.